The molecule has 5 nitrogen and oxygen atoms in total. The van der Waals surface area contributed by atoms with Gasteiger partial charge in [-0.3, -0.25) is 0 Å². The third-order valence-electron chi connectivity index (χ3n) is 2.88. The molecule has 0 aliphatic carbocycles. The second-order valence-electron chi connectivity index (χ2n) is 4.51. The number of thioether (sulfide) groups is 1. The first kappa shape index (κ1) is 16.0. The Morgan fingerprint density at radius 1 is 1.26 bits per heavy atom. The lowest BCUT2D eigenvalue weighted by Crippen LogP contribution is -1.90. The van der Waals surface area contributed by atoms with Crippen LogP contribution in [0.5, 0.6) is 5.75 Å². The molecule has 3 aromatic rings. The first-order valence-electron chi connectivity index (χ1n) is 6.71. The maximum Gasteiger partial charge on any atom is 0.210 e. The number of nitrogens with zero attached hydrogens (tertiary/aromatic N) is 3. The van der Waals surface area contributed by atoms with Gasteiger partial charge in [-0.2, -0.15) is 0 Å². The van der Waals surface area contributed by atoms with Gasteiger partial charge in [-0.05, 0) is 29.8 Å². The second-order valence-corrected chi connectivity index (χ2v) is 7.09. The summed E-state index contributed by atoms with van der Waals surface area (Å²) in [7, 11) is 1.64. The zero-order chi connectivity index (χ0) is 16.1. The highest BCUT2D eigenvalue weighted by molar-refractivity contribution is 8.00. The van der Waals surface area contributed by atoms with Gasteiger partial charge in [-0.15, -0.1) is 10.2 Å². The van der Waals surface area contributed by atoms with E-state index in [9.17, 15) is 0 Å². The van der Waals surface area contributed by atoms with E-state index in [1.165, 1.54) is 11.3 Å². The highest BCUT2D eigenvalue weighted by Crippen LogP contribution is 2.30. The van der Waals surface area contributed by atoms with Crippen molar-refractivity contribution in [1.29, 1.82) is 0 Å². The normalized spacial score (nSPS) is 10.5. The molecular weight excluding hydrogens is 352 g/mol. The number of hydrogen-bond donors (Lipinski definition) is 1. The van der Waals surface area contributed by atoms with Gasteiger partial charge in [0, 0.05) is 23.7 Å². The zero-order valence-corrected chi connectivity index (χ0v) is 14.6. The summed E-state index contributed by atoms with van der Waals surface area (Å²) in [5.74, 6) is 1.57. The van der Waals surface area contributed by atoms with E-state index in [-0.39, 0.29) is 0 Å². The largest absolute Gasteiger partial charge is 0.497 e. The van der Waals surface area contributed by atoms with Crippen molar-refractivity contribution in [3.63, 3.8) is 0 Å². The number of methoxy groups -OCH3 is 1. The van der Waals surface area contributed by atoms with Crippen LogP contribution in [0.2, 0.25) is 5.15 Å². The minimum absolute atomic E-state index is 0.501. The predicted octanol–water partition coefficient (Wildman–Crippen LogP) is 4.63. The minimum atomic E-state index is 0.501. The Kier molecular flexibility index (Phi) is 5.32. The molecule has 1 aromatic carbocycles. The van der Waals surface area contributed by atoms with Gasteiger partial charge in [-0.1, -0.05) is 40.8 Å². The van der Waals surface area contributed by atoms with Gasteiger partial charge in [0.25, 0.3) is 0 Å². The van der Waals surface area contributed by atoms with Crippen LogP contribution in [0.1, 0.15) is 5.56 Å². The fraction of sp³-hybridized carbons (Fsp3) is 0.133. The lowest BCUT2D eigenvalue weighted by molar-refractivity contribution is 0.415. The number of halogens is 1. The molecule has 0 saturated carbocycles. The minimum Gasteiger partial charge on any atom is -0.497 e. The van der Waals surface area contributed by atoms with E-state index in [1.54, 1.807) is 25.1 Å². The molecule has 0 unspecified atom stereocenters. The van der Waals surface area contributed by atoms with Crippen molar-refractivity contribution < 1.29 is 4.74 Å². The Morgan fingerprint density at radius 2 is 2.17 bits per heavy atom. The Morgan fingerprint density at radius 3 is 3.00 bits per heavy atom. The second kappa shape index (κ2) is 7.63. The summed E-state index contributed by atoms with van der Waals surface area (Å²) < 4.78 is 6.09. The van der Waals surface area contributed by atoms with E-state index in [0.29, 0.717) is 5.15 Å². The molecule has 0 saturated heterocycles. The third kappa shape index (κ3) is 4.57. The van der Waals surface area contributed by atoms with E-state index in [2.05, 4.69) is 20.5 Å². The first-order valence-corrected chi connectivity index (χ1v) is 8.89. The molecule has 1 N–H and O–H groups in total. The van der Waals surface area contributed by atoms with Gasteiger partial charge in [-0.25, -0.2) is 4.98 Å². The lowest BCUT2D eigenvalue weighted by Gasteiger charge is -2.04. The first-order chi connectivity index (χ1) is 11.2. The standard InChI is InChI=1S/C15H13ClN4OS2/c1-21-12-4-2-3-11(8-12)18-14-19-20-15(23-14)22-9-10-5-6-17-13(16)7-10/h2-8H,9H2,1H3,(H,18,19). The zero-order valence-electron chi connectivity index (χ0n) is 12.2. The van der Waals surface area contributed by atoms with Crippen LogP contribution in [0.3, 0.4) is 0 Å². The van der Waals surface area contributed by atoms with Crippen LogP contribution in [0.25, 0.3) is 0 Å². The molecule has 0 fully saturated rings. The van der Waals surface area contributed by atoms with E-state index in [1.807, 2.05) is 36.4 Å². The summed E-state index contributed by atoms with van der Waals surface area (Å²) in [6.07, 6.45) is 1.70. The van der Waals surface area contributed by atoms with Crippen molar-refractivity contribution >= 4 is 45.5 Å². The summed E-state index contributed by atoms with van der Waals surface area (Å²) in [6, 6.07) is 11.5. The Labute approximate surface area is 147 Å². The van der Waals surface area contributed by atoms with Crippen LogP contribution in [0.15, 0.2) is 46.9 Å². The third-order valence-corrected chi connectivity index (χ3v) is 5.13. The van der Waals surface area contributed by atoms with E-state index in [0.717, 1.165) is 32.2 Å². The summed E-state index contributed by atoms with van der Waals surface area (Å²) in [4.78, 5) is 3.97. The number of benzene rings is 1. The van der Waals surface area contributed by atoms with E-state index in [4.69, 9.17) is 16.3 Å². The summed E-state index contributed by atoms with van der Waals surface area (Å²) >= 11 is 9.00. The quantitative estimate of drug-likeness (QED) is 0.508. The molecule has 0 spiro atoms. The van der Waals surface area contributed by atoms with Crippen molar-refractivity contribution in [3.05, 3.63) is 53.3 Å². The predicted molar refractivity (Wildman–Crippen MR) is 95.0 cm³/mol. The topological polar surface area (TPSA) is 59.9 Å². The van der Waals surface area contributed by atoms with Crippen molar-refractivity contribution in [3.8, 4) is 5.75 Å². The maximum absolute atomic E-state index is 5.88. The molecular formula is C15H13ClN4OS2. The average molecular weight is 365 g/mol. The number of aromatic nitrogens is 3. The van der Waals surface area contributed by atoms with Crippen molar-refractivity contribution in [1.82, 2.24) is 15.2 Å². The molecule has 23 heavy (non-hydrogen) atoms. The molecule has 2 heterocycles. The average Bonchev–Trinajstić information content (AvgIpc) is 3.01. The molecule has 0 aliphatic heterocycles. The smallest absolute Gasteiger partial charge is 0.210 e. The van der Waals surface area contributed by atoms with Gasteiger partial charge in [0.1, 0.15) is 10.9 Å². The highest BCUT2D eigenvalue weighted by atomic mass is 35.5. The number of ether oxygens (including phenoxy) is 1. The number of nitrogens with one attached hydrogen (secondary N) is 1. The number of pyridine rings is 1. The summed E-state index contributed by atoms with van der Waals surface area (Å²) in [5.41, 5.74) is 2.02. The summed E-state index contributed by atoms with van der Waals surface area (Å²) in [6.45, 7) is 0. The van der Waals surface area contributed by atoms with Crippen molar-refractivity contribution in [2.24, 2.45) is 0 Å². The van der Waals surface area contributed by atoms with Crippen LogP contribution in [-0.4, -0.2) is 22.3 Å². The van der Waals surface area contributed by atoms with Crippen LogP contribution in [0, 0.1) is 0 Å². The van der Waals surface area contributed by atoms with E-state index < -0.39 is 0 Å². The maximum atomic E-state index is 5.88. The molecule has 0 aliphatic rings. The van der Waals surface area contributed by atoms with Gasteiger partial charge in [0.2, 0.25) is 5.13 Å². The van der Waals surface area contributed by atoms with E-state index >= 15 is 0 Å². The Balaban J connectivity index is 1.61. The van der Waals surface area contributed by atoms with Crippen LogP contribution in [0.4, 0.5) is 10.8 Å². The molecule has 3 rings (SSSR count). The lowest BCUT2D eigenvalue weighted by atomic mass is 10.3. The molecule has 0 radical (unpaired) electrons. The van der Waals surface area contributed by atoms with Crippen molar-refractivity contribution in [2.45, 2.75) is 10.1 Å². The molecule has 0 bridgehead atoms. The number of rotatable bonds is 6. The van der Waals surface area contributed by atoms with Crippen LogP contribution < -0.4 is 10.1 Å². The van der Waals surface area contributed by atoms with Gasteiger partial charge >= 0.3 is 0 Å². The van der Waals surface area contributed by atoms with Crippen molar-refractivity contribution in [2.75, 3.05) is 12.4 Å². The fourth-order valence-electron chi connectivity index (χ4n) is 1.82. The SMILES string of the molecule is COc1cccc(Nc2nnc(SCc3ccnc(Cl)c3)s2)c1. The molecule has 0 atom stereocenters. The van der Waals surface area contributed by atoms with Gasteiger partial charge < -0.3 is 10.1 Å². The highest BCUT2D eigenvalue weighted by Gasteiger charge is 2.06. The Bertz CT molecular complexity index is 796. The Hall–Kier alpha value is -1.83. The van der Waals surface area contributed by atoms with Crippen LogP contribution in [-0.2, 0) is 5.75 Å². The van der Waals surface area contributed by atoms with Gasteiger partial charge in [0.05, 0.1) is 7.11 Å². The monoisotopic (exact) mass is 364 g/mol. The number of hydrogen-bond acceptors (Lipinski definition) is 7. The molecule has 2 aromatic heterocycles. The number of anilines is 2. The van der Waals surface area contributed by atoms with Crippen LogP contribution >= 0.6 is 34.7 Å². The molecule has 8 heteroatoms. The summed E-state index contributed by atoms with van der Waals surface area (Å²) in [5, 5.41) is 12.8. The van der Waals surface area contributed by atoms with Gasteiger partial charge in [0.15, 0.2) is 4.34 Å². The molecule has 0 amide bonds. The molecule has 118 valence electrons. The fourth-order valence-corrected chi connectivity index (χ4v) is 3.73.